The van der Waals surface area contributed by atoms with Crippen LogP contribution in [0.15, 0.2) is 66.9 Å². The Morgan fingerprint density at radius 2 is 1.88 bits per heavy atom. The molecule has 3 aromatic rings. The lowest BCUT2D eigenvalue weighted by atomic mass is 10.1. The van der Waals surface area contributed by atoms with E-state index in [2.05, 4.69) is 15.0 Å². The molecule has 1 aromatic heterocycles. The number of pyridine rings is 1. The average Bonchev–Trinajstić information content (AvgIpc) is 2.66. The van der Waals surface area contributed by atoms with Gasteiger partial charge in [-0.15, -0.1) is 0 Å². The van der Waals surface area contributed by atoms with Gasteiger partial charge in [0.1, 0.15) is 0 Å². The smallest absolute Gasteiger partial charge is 0.337 e. The highest BCUT2D eigenvalue weighted by atomic mass is 16.5. The summed E-state index contributed by atoms with van der Waals surface area (Å²) in [6.07, 6.45) is 4.88. The highest BCUT2D eigenvalue weighted by molar-refractivity contribution is 6.03. The fourth-order valence-electron chi connectivity index (χ4n) is 2.45. The van der Waals surface area contributed by atoms with E-state index in [0.717, 1.165) is 16.5 Å². The summed E-state index contributed by atoms with van der Waals surface area (Å²) in [7, 11) is 1.31. The van der Waals surface area contributed by atoms with E-state index in [1.807, 2.05) is 30.3 Å². The summed E-state index contributed by atoms with van der Waals surface area (Å²) in [6.45, 7) is 0. The first kappa shape index (κ1) is 16.4. The number of benzene rings is 2. The summed E-state index contributed by atoms with van der Waals surface area (Å²) >= 11 is 0. The van der Waals surface area contributed by atoms with Crippen molar-refractivity contribution in [2.45, 2.75) is 0 Å². The summed E-state index contributed by atoms with van der Waals surface area (Å²) in [5.41, 5.74) is 2.59. The quantitative estimate of drug-likeness (QED) is 0.584. The Hall–Kier alpha value is -3.47. The lowest BCUT2D eigenvalue weighted by molar-refractivity contribution is -0.111. The molecule has 1 heterocycles. The molecule has 0 aliphatic rings. The van der Waals surface area contributed by atoms with Crippen LogP contribution in [0.1, 0.15) is 15.9 Å². The minimum Gasteiger partial charge on any atom is -0.465 e. The van der Waals surface area contributed by atoms with Gasteiger partial charge in [0.2, 0.25) is 5.91 Å². The number of hydrogen-bond donors (Lipinski definition) is 1. The van der Waals surface area contributed by atoms with Gasteiger partial charge in [0.15, 0.2) is 0 Å². The number of aromatic nitrogens is 1. The Kier molecular flexibility index (Phi) is 4.85. The van der Waals surface area contributed by atoms with Gasteiger partial charge >= 0.3 is 5.97 Å². The van der Waals surface area contributed by atoms with Gasteiger partial charge < -0.3 is 10.1 Å². The molecule has 25 heavy (non-hydrogen) atoms. The number of esters is 1. The van der Waals surface area contributed by atoms with Crippen LogP contribution in [0, 0.1) is 0 Å². The molecule has 0 spiro atoms. The number of methoxy groups -OCH3 is 1. The van der Waals surface area contributed by atoms with E-state index >= 15 is 0 Å². The lowest BCUT2D eigenvalue weighted by Crippen LogP contribution is -2.09. The third-order valence-electron chi connectivity index (χ3n) is 3.63. The molecule has 0 radical (unpaired) electrons. The number of carbonyl (C=O) groups is 2. The number of anilines is 1. The van der Waals surface area contributed by atoms with Crippen LogP contribution in [0.5, 0.6) is 0 Å². The molecular weight excluding hydrogens is 316 g/mol. The van der Waals surface area contributed by atoms with Crippen LogP contribution < -0.4 is 5.32 Å². The lowest BCUT2D eigenvalue weighted by Gasteiger charge is -2.05. The maximum Gasteiger partial charge on any atom is 0.337 e. The van der Waals surface area contributed by atoms with Gasteiger partial charge in [-0.1, -0.05) is 30.3 Å². The van der Waals surface area contributed by atoms with E-state index < -0.39 is 5.97 Å². The van der Waals surface area contributed by atoms with Crippen molar-refractivity contribution >= 4 is 34.5 Å². The Morgan fingerprint density at radius 3 is 2.72 bits per heavy atom. The standard InChI is InChI=1S/C20H16N2O3/c1-25-20(24)16-7-3-9-17(13-16)22-18(23)11-10-15-6-2-5-14-8-4-12-21-19(14)15/h2-13H,1H3,(H,22,23)/b11-10+. The first-order chi connectivity index (χ1) is 12.2. The second kappa shape index (κ2) is 7.40. The van der Waals surface area contributed by atoms with Gasteiger partial charge in [-0.05, 0) is 30.3 Å². The molecule has 5 heteroatoms. The van der Waals surface area contributed by atoms with E-state index in [9.17, 15) is 9.59 Å². The minimum absolute atomic E-state index is 0.296. The Morgan fingerprint density at radius 1 is 1.08 bits per heavy atom. The number of amides is 1. The molecule has 0 aliphatic carbocycles. The monoisotopic (exact) mass is 332 g/mol. The highest BCUT2D eigenvalue weighted by Crippen LogP contribution is 2.17. The maximum absolute atomic E-state index is 12.1. The van der Waals surface area contributed by atoms with Crippen molar-refractivity contribution in [1.82, 2.24) is 4.98 Å². The van der Waals surface area contributed by atoms with E-state index in [1.54, 1.807) is 36.5 Å². The van der Waals surface area contributed by atoms with Crippen molar-refractivity contribution in [2.24, 2.45) is 0 Å². The van der Waals surface area contributed by atoms with Gasteiger partial charge in [-0.3, -0.25) is 9.78 Å². The predicted octanol–water partition coefficient (Wildman–Crippen LogP) is 3.67. The summed E-state index contributed by atoms with van der Waals surface area (Å²) in [5.74, 6) is -0.747. The molecule has 1 N–H and O–H groups in total. The molecule has 0 saturated heterocycles. The average molecular weight is 332 g/mol. The van der Waals surface area contributed by atoms with Gasteiger partial charge in [0, 0.05) is 28.9 Å². The van der Waals surface area contributed by atoms with Gasteiger partial charge in [0.25, 0.3) is 0 Å². The van der Waals surface area contributed by atoms with E-state index in [-0.39, 0.29) is 5.91 Å². The zero-order chi connectivity index (χ0) is 17.6. The van der Waals surface area contributed by atoms with Gasteiger partial charge in [-0.2, -0.15) is 0 Å². The molecular formula is C20H16N2O3. The summed E-state index contributed by atoms with van der Waals surface area (Å²) in [4.78, 5) is 28.0. The number of carbonyl (C=O) groups excluding carboxylic acids is 2. The molecule has 3 rings (SSSR count). The summed E-state index contributed by atoms with van der Waals surface area (Å²) in [6, 6.07) is 16.2. The zero-order valence-electron chi connectivity index (χ0n) is 13.6. The molecule has 124 valence electrons. The van der Waals surface area contributed by atoms with Crippen molar-refractivity contribution in [2.75, 3.05) is 12.4 Å². The number of nitrogens with one attached hydrogen (secondary N) is 1. The van der Waals surface area contributed by atoms with Crippen LogP contribution in [-0.4, -0.2) is 24.0 Å². The SMILES string of the molecule is COC(=O)c1cccc(NC(=O)/C=C/c2cccc3cccnc23)c1. The van der Waals surface area contributed by atoms with Crippen LogP contribution in [0.2, 0.25) is 0 Å². The topological polar surface area (TPSA) is 68.3 Å². The fraction of sp³-hybridized carbons (Fsp3) is 0.0500. The third kappa shape index (κ3) is 3.90. The van der Waals surface area contributed by atoms with Crippen LogP contribution in [-0.2, 0) is 9.53 Å². The number of nitrogens with zero attached hydrogens (tertiary/aromatic N) is 1. The largest absolute Gasteiger partial charge is 0.465 e. The Bertz CT molecular complexity index is 959. The Labute approximate surface area is 145 Å². The van der Waals surface area contributed by atoms with Crippen LogP contribution in [0.25, 0.3) is 17.0 Å². The second-order valence-corrected chi connectivity index (χ2v) is 5.32. The van der Waals surface area contributed by atoms with Crippen LogP contribution >= 0.6 is 0 Å². The molecule has 2 aromatic carbocycles. The van der Waals surface area contributed by atoms with E-state index in [0.29, 0.717) is 11.3 Å². The van der Waals surface area contributed by atoms with Crippen molar-refractivity contribution in [3.8, 4) is 0 Å². The number of hydrogen-bond acceptors (Lipinski definition) is 4. The van der Waals surface area contributed by atoms with E-state index in [1.165, 1.54) is 13.2 Å². The molecule has 5 nitrogen and oxygen atoms in total. The molecule has 0 bridgehead atoms. The van der Waals surface area contributed by atoms with Crippen molar-refractivity contribution < 1.29 is 14.3 Å². The molecule has 0 fully saturated rings. The normalized spacial score (nSPS) is 10.8. The third-order valence-corrected chi connectivity index (χ3v) is 3.63. The van der Waals surface area contributed by atoms with Gasteiger partial charge in [0.05, 0.1) is 18.2 Å². The minimum atomic E-state index is -0.450. The van der Waals surface area contributed by atoms with Crippen molar-refractivity contribution in [3.63, 3.8) is 0 Å². The number of rotatable bonds is 4. The molecule has 0 saturated carbocycles. The number of ether oxygens (including phenoxy) is 1. The molecule has 0 unspecified atom stereocenters. The maximum atomic E-state index is 12.1. The number of para-hydroxylation sites is 1. The molecule has 0 atom stereocenters. The first-order valence-corrected chi connectivity index (χ1v) is 7.68. The van der Waals surface area contributed by atoms with Gasteiger partial charge in [-0.25, -0.2) is 4.79 Å². The molecule has 0 aliphatic heterocycles. The fourth-order valence-corrected chi connectivity index (χ4v) is 2.45. The second-order valence-electron chi connectivity index (χ2n) is 5.32. The van der Waals surface area contributed by atoms with Crippen molar-refractivity contribution in [1.29, 1.82) is 0 Å². The summed E-state index contributed by atoms with van der Waals surface area (Å²) in [5, 5.41) is 3.74. The van der Waals surface area contributed by atoms with Crippen molar-refractivity contribution in [3.05, 3.63) is 78.0 Å². The van der Waals surface area contributed by atoms with E-state index in [4.69, 9.17) is 0 Å². The zero-order valence-corrected chi connectivity index (χ0v) is 13.6. The predicted molar refractivity (Wildman–Crippen MR) is 97.2 cm³/mol. The summed E-state index contributed by atoms with van der Waals surface area (Å²) < 4.78 is 4.67. The molecule has 1 amide bonds. The number of fused-ring (bicyclic) bond motifs is 1. The highest BCUT2D eigenvalue weighted by Gasteiger charge is 2.06. The van der Waals surface area contributed by atoms with Crippen LogP contribution in [0.3, 0.4) is 0 Å². The first-order valence-electron chi connectivity index (χ1n) is 7.68. The van der Waals surface area contributed by atoms with Crippen LogP contribution in [0.4, 0.5) is 5.69 Å². The Balaban J connectivity index is 1.76.